The number of aromatic nitrogens is 2. The number of hydrogen-bond donors (Lipinski definition) is 0. The van der Waals surface area contributed by atoms with Gasteiger partial charge in [0, 0.05) is 54.4 Å². The Morgan fingerprint density at radius 3 is 2.67 bits per heavy atom. The molecule has 0 spiro atoms. The minimum Gasteiger partial charge on any atom is -0.368 e. The van der Waals surface area contributed by atoms with Gasteiger partial charge in [0.05, 0.1) is 11.3 Å². The van der Waals surface area contributed by atoms with Crippen molar-refractivity contribution in [3.8, 4) is 0 Å². The van der Waals surface area contributed by atoms with E-state index >= 15 is 0 Å². The molecule has 0 unspecified atom stereocenters. The van der Waals surface area contributed by atoms with Gasteiger partial charge in [-0.1, -0.05) is 22.8 Å². The highest BCUT2D eigenvalue weighted by molar-refractivity contribution is 7.98. The van der Waals surface area contributed by atoms with E-state index in [9.17, 15) is 4.79 Å². The van der Waals surface area contributed by atoms with Gasteiger partial charge in [0.2, 0.25) is 0 Å². The average Bonchev–Trinajstić information content (AvgIpc) is 3.09. The van der Waals surface area contributed by atoms with Gasteiger partial charge in [-0.25, -0.2) is 4.98 Å². The standard InChI is InChI=1S/C22H23ClN4O2S/c1-15-20(16(2)29-25-15)14-30-21-19(7-4-8-24-21)22(28)27-11-9-26(10-12-27)18-6-3-5-17(23)13-18/h3-8,13H,9-12,14H2,1-2H3. The lowest BCUT2D eigenvalue weighted by Crippen LogP contribution is -2.48. The molecule has 0 radical (unpaired) electrons. The van der Waals surface area contributed by atoms with Crippen LogP contribution in [-0.4, -0.2) is 47.1 Å². The van der Waals surface area contributed by atoms with Gasteiger partial charge in [-0.3, -0.25) is 4.79 Å². The molecule has 3 heterocycles. The number of anilines is 1. The monoisotopic (exact) mass is 442 g/mol. The number of halogens is 1. The molecule has 1 aliphatic heterocycles. The third kappa shape index (κ3) is 4.47. The van der Waals surface area contributed by atoms with Crippen LogP contribution in [0.25, 0.3) is 0 Å². The van der Waals surface area contributed by atoms with Gasteiger partial charge < -0.3 is 14.3 Å². The second kappa shape index (κ2) is 9.10. The predicted octanol–water partition coefficient (Wildman–Crippen LogP) is 4.59. The summed E-state index contributed by atoms with van der Waals surface area (Å²) in [6, 6.07) is 11.5. The van der Waals surface area contributed by atoms with E-state index in [0.29, 0.717) is 24.4 Å². The second-order valence-electron chi connectivity index (χ2n) is 7.21. The predicted molar refractivity (Wildman–Crippen MR) is 119 cm³/mol. The van der Waals surface area contributed by atoms with Gasteiger partial charge in [-0.05, 0) is 44.2 Å². The number of piperazine rings is 1. The van der Waals surface area contributed by atoms with Crippen LogP contribution in [-0.2, 0) is 5.75 Å². The third-order valence-electron chi connectivity index (χ3n) is 5.28. The molecule has 1 saturated heterocycles. The van der Waals surface area contributed by atoms with Crippen molar-refractivity contribution in [2.45, 2.75) is 24.6 Å². The molecule has 1 amide bonds. The molecule has 0 saturated carbocycles. The van der Waals surface area contributed by atoms with E-state index < -0.39 is 0 Å². The molecule has 2 aromatic heterocycles. The molecule has 6 nitrogen and oxygen atoms in total. The minimum atomic E-state index is 0.0232. The number of thioether (sulfide) groups is 1. The van der Waals surface area contributed by atoms with Gasteiger partial charge in [0.15, 0.2) is 0 Å². The summed E-state index contributed by atoms with van der Waals surface area (Å²) in [6.45, 7) is 6.69. The zero-order valence-corrected chi connectivity index (χ0v) is 18.5. The summed E-state index contributed by atoms with van der Waals surface area (Å²) in [5.74, 6) is 1.50. The number of carbonyl (C=O) groups excluding carboxylic acids is 1. The highest BCUT2D eigenvalue weighted by Gasteiger charge is 2.25. The topological polar surface area (TPSA) is 62.5 Å². The summed E-state index contributed by atoms with van der Waals surface area (Å²) >= 11 is 7.66. The number of pyridine rings is 1. The molecule has 4 rings (SSSR count). The lowest BCUT2D eigenvalue weighted by Gasteiger charge is -2.36. The number of aryl methyl sites for hydroxylation is 2. The largest absolute Gasteiger partial charge is 0.368 e. The summed E-state index contributed by atoms with van der Waals surface area (Å²) in [5.41, 5.74) is 3.66. The Hall–Kier alpha value is -2.51. The van der Waals surface area contributed by atoms with Crippen LogP contribution in [0.5, 0.6) is 0 Å². The molecule has 0 aliphatic carbocycles. The van der Waals surface area contributed by atoms with Gasteiger partial charge in [-0.15, -0.1) is 11.8 Å². The van der Waals surface area contributed by atoms with Crippen LogP contribution in [0.4, 0.5) is 5.69 Å². The van der Waals surface area contributed by atoms with Crippen LogP contribution in [0.15, 0.2) is 52.1 Å². The first-order valence-electron chi connectivity index (χ1n) is 9.82. The number of benzene rings is 1. The first-order chi connectivity index (χ1) is 14.5. The van der Waals surface area contributed by atoms with Crippen LogP contribution < -0.4 is 4.90 Å². The molecule has 1 aromatic carbocycles. The molecule has 30 heavy (non-hydrogen) atoms. The fraction of sp³-hybridized carbons (Fsp3) is 0.318. The first kappa shape index (κ1) is 20.8. The molecule has 1 aliphatic rings. The first-order valence-corrected chi connectivity index (χ1v) is 11.2. The fourth-order valence-electron chi connectivity index (χ4n) is 3.53. The zero-order valence-electron chi connectivity index (χ0n) is 17.0. The van der Waals surface area contributed by atoms with Gasteiger partial charge in [-0.2, -0.15) is 0 Å². The molecule has 1 fully saturated rings. The van der Waals surface area contributed by atoms with E-state index in [0.717, 1.165) is 45.8 Å². The van der Waals surface area contributed by atoms with Crippen molar-refractivity contribution in [2.75, 3.05) is 31.1 Å². The highest BCUT2D eigenvalue weighted by Crippen LogP contribution is 2.28. The Balaban J connectivity index is 1.43. The van der Waals surface area contributed by atoms with E-state index in [1.165, 1.54) is 0 Å². The third-order valence-corrected chi connectivity index (χ3v) is 6.54. The summed E-state index contributed by atoms with van der Waals surface area (Å²) in [7, 11) is 0. The van der Waals surface area contributed by atoms with Gasteiger partial charge in [0.1, 0.15) is 10.8 Å². The van der Waals surface area contributed by atoms with Crippen molar-refractivity contribution in [3.63, 3.8) is 0 Å². The van der Waals surface area contributed by atoms with Crippen LogP contribution in [0, 0.1) is 13.8 Å². The summed E-state index contributed by atoms with van der Waals surface area (Å²) in [5, 5.41) is 5.46. The van der Waals surface area contributed by atoms with Crippen LogP contribution in [0.1, 0.15) is 27.4 Å². The molecule has 0 bridgehead atoms. The Labute approximate surface area is 185 Å². The van der Waals surface area contributed by atoms with Gasteiger partial charge in [0.25, 0.3) is 5.91 Å². The van der Waals surface area contributed by atoms with Crippen molar-refractivity contribution < 1.29 is 9.32 Å². The van der Waals surface area contributed by atoms with E-state index in [1.54, 1.807) is 18.0 Å². The van der Waals surface area contributed by atoms with E-state index in [2.05, 4.69) is 15.0 Å². The lowest BCUT2D eigenvalue weighted by molar-refractivity contribution is 0.0742. The molecular formula is C22H23ClN4O2S. The quantitative estimate of drug-likeness (QED) is 0.538. The van der Waals surface area contributed by atoms with Crippen molar-refractivity contribution in [1.82, 2.24) is 15.0 Å². The summed E-state index contributed by atoms with van der Waals surface area (Å²) in [6.07, 6.45) is 1.73. The Morgan fingerprint density at radius 1 is 1.17 bits per heavy atom. The van der Waals surface area contributed by atoms with E-state index in [4.69, 9.17) is 16.1 Å². The van der Waals surface area contributed by atoms with Crippen molar-refractivity contribution >= 4 is 35.0 Å². The molecule has 3 aromatic rings. The molecule has 0 N–H and O–H groups in total. The smallest absolute Gasteiger partial charge is 0.256 e. The van der Waals surface area contributed by atoms with Crippen molar-refractivity contribution in [3.05, 3.63) is 70.2 Å². The molecule has 156 valence electrons. The molecule has 0 atom stereocenters. The van der Waals surface area contributed by atoms with Crippen LogP contribution >= 0.6 is 23.4 Å². The Morgan fingerprint density at radius 2 is 1.97 bits per heavy atom. The summed E-state index contributed by atoms with van der Waals surface area (Å²) < 4.78 is 5.24. The Bertz CT molecular complexity index is 1030. The minimum absolute atomic E-state index is 0.0232. The van der Waals surface area contributed by atoms with Crippen LogP contribution in [0.3, 0.4) is 0 Å². The number of rotatable bonds is 5. The van der Waals surface area contributed by atoms with E-state index in [1.807, 2.05) is 55.1 Å². The average molecular weight is 443 g/mol. The number of amides is 1. The van der Waals surface area contributed by atoms with Crippen LogP contribution in [0.2, 0.25) is 5.02 Å². The fourth-order valence-corrected chi connectivity index (χ4v) is 4.85. The SMILES string of the molecule is Cc1noc(C)c1CSc1ncccc1C(=O)N1CCN(c2cccc(Cl)c2)CC1. The maximum atomic E-state index is 13.2. The van der Waals surface area contributed by atoms with E-state index in [-0.39, 0.29) is 5.91 Å². The Kier molecular flexibility index (Phi) is 6.29. The maximum absolute atomic E-state index is 13.2. The number of carbonyl (C=O) groups is 1. The van der Waals surface area contributed by atoms with Crippen molar-refractivity contribution in [2.24, 2.45) is 0 Å². The van der Waals surface area contributed by atoms with Crippen molar-refractivity contribution in [1.29, 1.82) is 0 Å². The molecule has 8 heteroatoms. The highest BCUT2D eigenvalue weighted by atomic mass is 35.5. The lowest BCUT2D eigenvalue weighted by atomic mass is 10.2. The normalized spacial score (nSPS) is 14.2. The van der Waals surface area contributed by atoms with Gasteiger partial charge >= 0.3 is 0 Å². The maximum Gasteiger partial charge on any atom is 0.256 e. The zero-order chi connectivity index (χ0) is 21.1. The number of hydrogen-bond acceptors (Lipinski definition) is 6. The second-order valence-corrected chi connectivity index (χ2v) is 8.61. The summed E-state index contributed by atoms with van der Waals surface area (Å²) in [4.78, 5) is 21.8. The number of nitrogens with zero attached hydrogens (tertiary/aromatic N) is 4. The molecular weight excluding hydrogens is 420 g/mol.